The molecular weight excluding hydrogens is 186 g/mol. The maximum atomic E-state index is 10.1. The zero-order chi connectivity index (χ0) is 10.8. The van der Waals surface area contributed by atoms with Gasteiger partial charge in [-0.3, -0.25) is 4.90 Å². The van der Waals surface area contributed by atoms with E-state index < -0.39 is 0 Å². The fraction of sp³-hybridized carbons (Fsp3) is 1.00. The molecule has 1 heterocycles. The molecule has 4 unspecified atom stereocenters. The minimum Gasteiger partial charge on any atom is -0.391 e. The molecule has 2 fully saturated rings. The second kappa shape index (κ2) is 4.84. The number of piperidine rings is 1. The van der Waals surface area contributed by atoms with Crippen molar-refractivity contribution in [1.29, 1.82) is 0 Å². The average Bonchev–Trinajstić information content (AvgIpc) is 2.22. The second-order valence-electron chi connectivity index (χ2n) is 5.80. The summed E-state index contributed by atoms with van der Waals surface area (Å²) in [5.74, 6) is 1.62. The minimum atomic E-state index is -0.0634. The van der Waals surface area contributed by atoms with E-state index in [9.17, 15) is 5.11 Å². The molecule has 15 heavy (non-hydrogen) atoms. The highest BCUT2D eigenvalue weighted by Crippen LogP contribution is 2.30. The molecule has 4 atom stereocenters. The van der Waals surface area contributed by atoms with Crippen LogP contribution in [-0.4, -0.2) is 35.2 Å². The Hall–Kier alpha value is -0.0800. The first-order chi connectivity index (χ1) is 7.16. The highest BCUT2D eigenvalue weighted by Gasteiger charge is 2.33. The van der Waals surface area contributed by atoms with Crippen LogP contribution in [0.2, 0.25) is 0 Å². The van der Waals surface area contributed by atoms with Crippen molar-refractivity contribution in [3.63, 3.8) is 0 Å². The van der Waals surface area contributed by atoms with Crippen LogP contribution in [0.1, 0.15) is 46.0 Å². The maximum absolute atomic E-state index is 10.1. The molecule has 88 valence electrons. The molecule has 0 aromatic rings. The molecule has 2 heteroatoms. The van der Waals surface area contributed by atoms with Crippen molar-refractivity contribution in [2.24, 2.45) is 11.8 Å². The fourth-order valence-electron chi connectivity index (χ4n) is 3.25. The van der Waals surface area contributed by atoms with Crippen LogP contribution in [0.5, 0.6) is 0 Å². The summed E-state index contributed by atoms with van der Waals surface area (Å²) in [6, 6.07) is 0.455. The van der Waals surface area contributed by atoms with Crippen LogP contribution in [0.4, 0.5) is 0 Å². The molecule has 1 aliphatic carbocycles. The molecular formula is C13H25NO. The molecule has 0 aromatic carbocycles. The lowest BCUT2D eigenvalue weighted by Gasteiger charge is -2.43. The van der Waals surface area contributed by atoms with Crippen molar-refractivity contribution in [3.05, 3.63) is 0 Å². The van der Waals surface area contributed by atoms with Gasteiger partial charge in [0, 0.05) is 12.6 Å². The van der Waals surface area contributed by atoms with Gasteiger partial charge < -0.3 is 5.11 Å². The quantitative estimate of drug-likeness (QED) is 0.719. The van der Waals surface area contributed by atoms with Crippen molar-refractivity contribution in [2.45, 2.75) is 58.1 Å². The van der Waals surface area contributed by atoms with Crippen LogP contribution < -0.4 is 0 Å². The Morgan fingerprint density at radius 3 is 2.60 bits per heavy atom. The SMILES string of the molecule is CC1CCC(O)C(N2CCCC(C)C2)C1. The lowest BCUT2D eigenvalue weighted by atomic mass is 9.83. The van der Waals surface area contributed by atoms with Gasteiger partial charge in [-0.1, -0.05) is 13.8 Å². The van der Waals surface area contributed by atoms with Crippen molar-refractivity contribution in [1.82, 2.24) is 4.90 Å². The van der Waals surface area contributed by atoms with Crippen molar-refractivity contribution in [3.8, 4) is 0 Å². The van der Waals surface area contributed by atoms with Crippen molar-refractivity contribution in [2.75, 3.05) is 13.1 Å². The Bertz CT molecular complexity index is 207. The smallest absolute Gasteiger partial charge is 0.0695 e. The first-order valence-electron chi connectivity index (χ1n) is 6.59. The number of nitrogens with zero attached hydrogens (tertiary/aromatic N) is 1. The zero-order valence-electron chi connectivity index (χ0n) is 10.2. The molecule has 0 radical (unpaired) electrons. The predicted molar refractivity (Wildman–Crippen MR) is 62.8 cm³/mol. The second-order valence-corrected chi connectivity index (χ2v) is 5.80. The summed E-state index contributed by atoms with van der Waals surface area (Å²) >= 11 is 0. The van der Waals surface area contributed by atoms with Gasteiger partial charge in [0.2, 0.25) is 0 Å². The lowest BCUT2D eigenvalue weighted by molar-refractivity contribution is -0.0103. The van der Waals surface area contributed by atoms with Gasteiger partial charge in [-0.15, -0.1) is 0 Å². The standard InChI is InChI=1S/C13H25NO/c1-10-5-6-13(15)12(8-10)14-7-3-4-11(2)9-14/h10-13,15H,3-9H2,1-2H3. The van der Waals surface area contributed by atoms with Gasteiger partial charge in [-0.25, -0.2) is 0 Å². The Balaban J connectivity index is 1.94. The number of hydrogen-bond donors (Lipinski definition) is 1. The summed E-state index contributed by atoms with van der Waals surface area (Å²) in [6.07, 6.45) is 6.05. The van der Waals surface area contributed by atoms with E-state index in [4.69, 9.17) is 0 Å². The van der Waals surface area contributed by atoms with Gasteiger partial charge in [0.25, 0.3) is 0 Å². The summed E-state index contributed by atoms with van der Waals surface area (Å²) in [7, 11) is 0. The molecule has 0 amide bonds. The Morgan fingerprint density at radius 1 is 1.07 bits per heavy atom. The number of hydrogen-bond acceptors (Lipinski definition) is 2. The summed E-state index contributed by atoms with van der Waals surface area (Å²) in [5, 5.41) is 10.1. The fourth-order valence-corrected chi connectivity index (χ4v) is 3.25. The summed E-state index contributed by atoms with van der Waals surface area (Å²) in [6.45, 7) is 7.07. The number of aliphatic hydroxyl groups is 1. The highest BCUT2D eigenvalue weighted by molar-refractivity contribution is 4.87. The van der Waals surface area contributed by atoms with E-state index in [1.807, 2.05) is 0 Å². The Labute approximate surface area is 93.7 Å². The maximum Gasteiger partial charge on any atom is 0.0695 e. The zero-order valence-corrected chi connectivity index (χ0v) is 10.2. The normalized spacial score (nSPS) is 44.2. The summed E-state index contributed by atoms with van der Waals surface area (Å²) in [5.41, 5.74) is 0. The molecule has 1 N–H and O–H groups in total. The summed E-state index contributed by atoms with van der Waals surface area (Å²) < 4.78 is 0. The first kappa shape index (κ1) is 11.4. The molecule has 0 spiro atoms. The van der Waals surface area contributed by atoms with Gasteiger partial charge >= 0.3 is 0 Å². The largest absolute Gasteiger partial charge is 0.391 e. The van der Waals surface area contributed by atoms with Gasteiger partial charge in [-0.05, 0) is 50.5 Å². The Kier molecular flexibility index (Phi) is 3.68. The Morgan fingerprint density at radius 2 is 1.87 bits per heavy atom. The van der Waals surface area contributed by atoms with Crippen LogP contribution in [0, 0.1) is 11.8 Å². The van der Waals surface area contributed by atoms with E-state index in [0.717, 1.165) is 18.3 Å². The van der Waals surface area contributed by atoms with Crippen LogP contribution in [-0.2, 0) is 0 Å². The van der Waals surface area contributed by atoms with E-state index >= 15 is 0 Å². The highest BCUT2D eigenvalue weighted by atomic mass is 16.3. The number of rotatable bonds is 1. The predicted octanol–water partition coefficient (Wildman–Crippen LogP) is 2.27. The third kappa shape index (κ3) is 2.73. The van der Waals surface area contributed by atoms with Crippen LogP contribution in [0.3, 0.4) is 0 Å². The first-order valence-corrected chi connectivity index (χ1v) is 6.59. The minimum absolute atomic E-state index is 0.0634. The monoisotopic (exact) mass is 211 g/mol. The molecule has 1 saturated heterocycles. The van der Waals surface area contributed by atoms with E-state index in [0.29, 0.717) is 6.04 Å². The molecule has 0 bridgehead atoms. The van der Waals surface area contributed by atoms with Gasteiger partial charge in [0.15, 0.2) is 0 Å². The van der Waals surface area contributed by atoms with Crippen molar-refractivity contribution < 1.29 is 5.11 Å². The van der Waals surface area contributed by atoms with E-state index in [-0.39, 0.29) is 6.10 Å². The van der Waals surface area contributed by atoms with Gasteiger partial charge in [0.05, 0.1) is 6.10 Å². The molecule has 2 aliphatic rings. The number of likely N-dealkylation sites (tertiary alicyclic amines) is 1. The number of aliphatic hydroxyl groups excluding tert-OH is 1. The lowest BCUT2D eigenvalue weighted by Crippen LogP contribution is -2.50. The topological polar surface area (TPSA) is 23.5 Å². The summed E-state index contributed by atoms with van der Waals surface area (Å²) in [4.78, 5) is 2.55. The third-order valence-electron chi connectivity index (χ3n) is 4.20. The van der Waals surface area contributed by atoms with E-state index in [2.05, 4.69) is 18.7 Å². The third-order valence-corrected chi connectivity index (χ3v) is 4.20. The molecule has 0 aromatic heterocycles. The molecule has 1 aliphatic heterocycles. The van der Waals surface area contributed by atoms with Gasteiger partial charge in [-0.2, -0.15) is 0 Å². The van der Waals surface area contributed by atoms with Gasteiger partial charge in [0.1, 0.15) is 0 Å². The van der Waals surface area contributed by atoms with E-state index in [1.165, 1.54) is 38.8 Å². The van der Waals surface area contributed by atoms with Crippen LogP contribution in [0.25, 0.3) is 0 Å². The molecule has 2 rings (SSSR count). The molecule has 2 nitrogen and oxygen atoms in total. The van der Waals surface area contributed by atoms with Crippen LogP contribution >= 0.6 is 0 Å². The molecule has 1 saturated carbocycles. The van der Waals surface area contributed by atoms with E-state index in [1.54, 1.807) is 0 Å². The average molecular weight is 211 g/mol. The van der Waals surface area contributed by atoms with Crippen molar-refractivity contribution >= 4 is 0 Å². The van der Waals surface area contributed by atoms with Crippen LogP contribution in [0.15, 0.2) is 0 Å².